The number of nitriles is 2. The molecule has 23 heteroatoms. The van der Waals surface area contributed by atoms with E-state index in [4.69, 9.17) is 49.1 Å². The lowest BCUT2D eigenvalue weighted by atomic mass is 9.80. The Morgan fingerprint density at radius 1 is 0.763 bits per heavy atom. The van der Waals surface area contributed by atoms with Crippen molar-refractivity contribution in [1.29, 1.82) is 10.5 Å². The first kappa shape index (κ1) is 58.4. The summed E-state index contributed by atoms with van der Waals surface area (Å²) in [7, 11) is 1.83. The molecule has 76 heavy (non-hydrogen) atoms. The smallest absolute Gasteiger partial charge is 0.330 e. The van der Waals surface area contributed by atoms with Crippen LogP contribution < -0.4 is 32.0 Å². The minimum atomic E-state index is -3.55. The predicted octanol–water partition coefficient (Wildman–Crippen LogP) is 8.31. The Hall–Kier alpha value is -5.25. The first-order valence-corrected chi connectivity index (χ1v) is 30.5. The summed E-state index contributed by atoms with van der Waals surface area (Å²) in [4.78, 5) is 56.7. The molecule has 0 radical (unpaired) electrons. The van der Waals surface area contributed by atoms with Crippen LogP contribution in [0.5, 0.6) is 11.5 Å². The number of rotatable bonds is 25. The van der Waals surface area contributed by atoms with Gasteiger partial charge in [0.05, 0.1) is 64.3 Å². The maximum absolute atomic E-state index is 13.5. The Kier molecular flexibility index (Phi) is 20.3. The fraction of sp³-hybridized carbons (Fsp3) is 0.472. The zero-order valence-corrected chi connectivity index (χ0v) is 47.2. The summed E-state index contributed by atoms with van der Waals surface area (Å²) in [6.45, 7) is 11.3. The van der Waals surface area contributed by atoms with Crippen LogP contribution in [0, 0.1) is 36.5 Å². The van der Waals surface area contributed by atoms with Crippen molar-refractivity contribution in [2.45, 2.75) is 122 Å². The number of H-pyrrole nitrogens is 2. The van der Waals surface area contributed by atoms with Crippen LogP contribution in [0.2, 0.25) is 0 Å². The van der Waals surface area contributed by atoms with E-state index in [2.05, 4.69) is 54.5 Å². The van der Waals surface area contributed by atoms with Crippen molar-refractivity contribution in [3.63, 3.8) is 0 Å². The van der Waals surface area contributed by atoms with Crippen LogP contribution in [0.4, 0.5) is 0 Å². The van der Waals surface area contributed by atoms with Crippen LogP contribution in [0.25, 0.3) is 0 Å². The second-order valence-corrected chi connectivity index (χ2v) is 27.0. The highest BCUT2D eigenvalue weighted by Crippen LogP contribution is 2.64. The van der Waals surface area contributed by atoms with Gasteiger partial charge in [0.25, 0.3) is 11.1 Å². The second kappa shape index (κ2) is 26.4. The molecule has 3 aromatic carbocycles. The van der Waals surface area contributed by atoms with Gasteiger partial charge in [0.15, 0.2) is 0 Å². The lowest BCUT2D eigenvalue weighted by Gasteiger charge is -2.39. The van der Waals surface area contributed by atoms with Crippen molar-refractivity contribution < 1.29 is 37.3 Å². The Morgan fingerprint density at radius 2 is 1.26 bits per heavy atom. The Labute approximate surface area is 452 Å². The van der Waals surface area contributed by atoms with E-state index in [9.17, 15) is 29.7 Å². The van der Waals surface area contributed by atoms with E-state index in [1.165, 1.54) is 32.9 Å². The van der Waals surface area contributed by atoms with Gasteiger partial charge in [-0.25, -0.2) is 9.59 Å². The SMILES string of the molecule is COc1ccc(C(OCC2OC(n3cc(C)c(=O)[nH]c3=O)CC2OP(=S)(OCCC#N)SCC2OC(n3cc(C)c(=O)[nH]c3=O)CC2OP(CCC#N)N(C(C)C)C(C)C)(c2ccccc2)c2ccc(OC)cc2)cc1. The first-order valence-electron chi connectivity index (χ1n) is 24.9. The van der Waals surface area contributed by atoms with E-state index in [-0.39, 0.29) is 62.3 Å². The molecule has 2 N–H and O–H groups in total. The van der Waals surface area contributed by atoms with Gasteiger partial charge in [-0.1, -0.05) is 66.0 Å². The number of ether oxygens (including phenoxy) is 5. The maximum Gasteiger partial charge on any atom is 0.330 e. The van der Waals surface area contributed by atoms with Crippen molar-refractivity contribution in [1.82, 2.24) is 23.8 Å². The molecule has 8 unspecified atom stereocenters. The number of aromatic nitrogens is 4. The van der Waals surface area contributed by atoms with Crippen LogP contribution in [0.15, 0.2) is 110 Å². The monoisotopic (exact) mass is 1120 g/mol. The molecule has 7 rings (SSSR count). The van der Waals surface area contributed by atoms with Gasteiger partial charge in [-0.2, -0.15) is 10.5 Å². The molecule has 0 amide bonds. The summed E-state index contributed by atoms with van der Waals surface area (Å²) >= 11 is 7.60. The third-order valence-corrected chi connectivity index (χ3v) is 20.9. The second-order valence-electron chi connectivity index (χ2n) is 18.8. The molecule has 0 saturated carbocycles. The quantitative estimate of drug-likeness (QED) is 0.0318. The molecule has 5 aromatic rings. The Bertz CT molecular complexity index is 3070. The summed E-state index contributed by atoms with van der Waals surface area (Å²) < 4.78 is 57.3. The molecule has 2 fully saturated rings. The Balaban J connectivity index is 1.27. The highest BCUT2D eigenvalue weighted by molar-refractivity contribution is 8.67. The van der Waals surface area contributed by atoms with Gasteiger partial charge >= 0.3 is 11.4 Å². The van der Waals surface area contributed by atoms with Crippen molar-refractivity contribution >= 4 is 37.2 Å². The van der Waals surface area contributed by atoms with Crippen LogP contribution >= 0.6 is 25.4 Å². The van der Waals surface area contributed by atoms with Gasteiger partial charge in [0.1, 0.15) is 44.0 Å². The van der Waals surface area contributed by atoms with E-state index in [1.54, 1.807) is 28.1 Å². The molecule has 0 bridgehead atoms. The van der Waals surface area contributed by atoms with E-state index < -0.39 is 79.0 Å². The van der Waals surface area contributed by atoms with Crippen molar-refractivity contribution in [2.24, 2.45) is 0 Å². The fourth-order valence-corrected chi connectivity index (χ4v) is 16.5. The number of hydrogen-bond donors (Lipinski definition) is 2. The van der Waals surface area contributed by atoms with Crippen molar-refractivity contribution in [3.8, 4) is 23.6 Å². The summed E-state index contributed by atoms with van der Waals surface area (Å²) in [5.74, 6) is 1.42. The minimum absolute atomic E-state index is 0.000347. The molecular formula is C53H65N7O12P2S2. The van der Waals surface area contributed by atoms with Gasteiger partial charge in [-0.3, -0.25) is 33.4 Å². The van der Waals surface area contributed by atoms with E-state index in [0.29, 0.717) is 23.2 Å². The van der Waals surface area contributed by atoms with Crippen molar-refractivity contribution in [3.05, 3.63) is 161 Å². The molecule has 2 aromatic heterocycles. The summed E-state index contributed by atoms with van der Waals surface area (Å²) in [5, 5.41) is 19.4. The average Bonchev–Trinajstić information content (AvgIpc) is 4.00. The van der Waals surface area contributed by atoms with Gasteiger partial charge in [-0.05, 0) is 94.3 Å². The van der Waals surface area contributed by atoms with Gasteiger partial charge < -0.3 is 37.3 Å². The lowest BCUT2D eigenvalue weighted by molar-refractivity contribution is -0.0915. The molecule has 4 heterocycles. The van der Waals surface area contributed by atoms with E-state index >= 15 is 0 Å². The molecule has 2 saturated heterocycles. The lowest BCUT2D eigenvalue weighted by Crippen LogP contribution is -2.38. The molecule has 406 valence electrons. The number of aryl methyl sites for hydroxylation is 2. The fourth-order valence-electron chi connectivity index (χ4n) is 9.41. The summed E-state index contributed by atoms with van der Waals surface area (Å²) in [5.41, 5.74) is -4.28. The maximum atomic E-state index is 13.5. The predicted molar refractivity (Wildman–Crippen MR) is 294 cm³/mol. The largest absolute Gasteiger partial charge is 0.497 e. The summed E-state index contributed by atoms with van der Waals surface area (Å²) in [6.07, 6.45) is -1.06. The number of aromatic amines is 2. The minimum Gasteiger partial charge on any atom is -0.497 e. The zero-order chi connectivity index (χ0) is 54.7. The number of benzene rings is 3. The van der Waals surface area contributed by atoms with Gasteiger partial charge in [0.2, 0.25) is 5.69 Å². The van der Waals surface area contributed by atoms with Gasteiger partial charge in [0, 0.05) is 66.8 Å². The number of nitrogens with one attached hydrogen (secondary N) is 2. The highest BCUT2D eigenvalue weighted by atomic mass is 32.9. The summed E-state index contributed by atoms with van der Waals surface area (Å²) in [6, 6.07) is 29.4. The number of nitrogens with zero attached hydrogens (tertiary/aromatic N) is 5. The molecular weight excluding hydrogens is 1050 g/mol. The van der Waals surface area contributed by atoms with Crippen LogP contribution in [0.1, 0.15) is 93.7 Å². The molecule has 0 spiro atoms. The van der Waals surface area contributed by atoms with Crippen molar-refractivity contribution in [2.75, 3.05) is 39.3 Å². The van der Waals surface area contributed by atoms with E-state index in [1.807, 2.05) is 78.9 Å². The van der Waals surface area contributed by atoms with Crippen LogP contribution in [-0.2, 0) is 45.2 Å². The number of methoxy groups -OCH3 is 2. The third-order valence-electron chi connectivity index (χ3n) is 13.0. The molecule has 0 aliphatic carbocycles. The van der Waals surface area contributed by atoms with E-state index in [0.717, 1.165) is 16.7 Å². The van der Waals surface area contributed by atoms with Crippen LogP contribution in [-0.4, -0.2) is 99.6 Å². The third kappa shape index (κ3) is 13.7. The molecule has 2 aliphatic heterocycles. The topological polar surface area (TPSA) is 234 Å². The van der Waals surface area contributed by atoms with Gasteiger partial charge in [-0.15, -0.1) is 0 Å². The Morgan fingerprint density at radius 3 is 1.76 bits per heavy atom. The molecule has 19 nitrogen and oxygen atoms in total. The standard InChI is InChI=1S/C53H65N7O12P2S2/c1-34(2)60(35(3)4)73(27-13-25-55)71-43-28-47(58-30-36(5)49(61)56-51(58)63)70-46(43)33-76-74(75,68-26-12-24-54)72-44-29-48(59-31-37(6)50(62)57-52(59)64)69-45(44)32-67-53(38-14-10-9-11-15-38,39-16-20-41(65-7)21-17-39)40-18-22-42(66-8)23-19-40/h9-11,14-23,30-31,34-35,43-48H,12-13,26-29,32-33H2,1-8H3,(H,56,61,63)(H,57,62,64). The molecule has 8 atom stereocenters. The normalized spacial score (nSPS) is 20.9. The molecule has 2 aliphatic rings. The number of hydrogen-bond acceptors (Lipinski definition) is 17. The zero-order valence-electron chi connectivity index (χ0n) is 43.8. The first-order chi connectivity index (χ1) is 36.4. The average molecular weight is 1120 g/mol. The van der Waals surface area contributed by atoms with Crippen LogP contribution in [0.3, 0.4) is 0 Å². The highest BCUT2D eigenvalue weighted by Gasteiger charge is 2.47.